The maximum Gasteiger partial charge on any atom is 0.326 e. The molecule has 0 radical (unpaired) electrons. The van der Waals surface area contributed by atoms with E-state index >= 15 is 0 Å². The van der Waals surface area contributed by atoms with Gasteiger partial charge in [-0.3, -0.25) is 24.1 Å². The van der Waals surface area contributed by atoms with E-state index in [4.69, 9.17) is 4.74 Å². The Hall–Kier alpha value is -2.22. The Morgan fingerprint density at radius 1 is 1.06 bits per heavy atom. The zero-order chi connectivity index (χ0) is 22.8. The van der Waals surface area contributed by atoms with Crippen LogP contribution in [0.25, 0.3) is 0 Å². The van der Waals surface area contributed by atoms with Gasteiger partial charge in [-0.05, 0) is 52.2 Å². The lowest BCUT2D eigenvalue weighted by molar-refractivity contribution is -0.160. The van der Waals surface area contributed by atoms with Crippen molar-refractivity contribution in [2.45, 2.75) is 69.3 Å². The predicted octanol–water partition coefficient (Wildman–Crippen LogP) is 3.55. The van der Waals surface area contributed by atoms with Gasteiger partial charge in [0.2, 0.25) is 5.91 Å². The lowest BCUT2D eigenvalue weighted by atomic mass is 9.98. The van der Waals surface area contributed by atoms with Gasteiger partial charge in [0.25, 0.3) is 11.8 Å². The molecule has 0 spiro atoms. The number of rotatable bonds is 5. The number of benzene rings is 1. The minimum atomic E-state index is -0.646. The van der Waals surface area contributed by atoms with Crippen molar-refractivity contribution in [1.82, 2.24) is 9.80 Å². The second-order valence-corrected chi connectivity index (χ2v) is 10.2. The van der Waals surface area contributed by atoms with Crippen molar-refractivity contribution in [2.75, 3.05) is 13.1 Å². The molecule has 0 bridgehead atoms. The summed E-state index contributed by atoms with van der Waals surface area (Å²) in [6.45, 7) is 5.40. The molecule has 0 aromatic heterocycles. The number of halogens is 1. The summed E-state index contributed by atoms with van der Waals surface area (Å²) in [5, 5.41) is 0. The maximum atomic E-state index is 13.0. The van der Waals surface area contributed by atoms with Gasteiger partial charge in [0.15, 0.2) is 0 Å². The number of hydrogen-bond acceptors (Lipinski definition) is 5. The van der Waals surface area contributed by atoms with Gasteiger partial charge in [-0.15, -0.1) is 0 Å². The summed E-state index contributed by atoms with van der Waals surface area (Å²) in [6, 6.07) is 6.52. The van der Waals surface area contributed by atoms with E-state index in [-0.39, 0.29) is 41.7 Å². The van der Waals surface area contributed by atoms with E-state index in [9.17, 15) is 19.2 Å². The summed E-state index contributed by atoms with van der Waals surface area (Å²) in [5.41, 5.74) is 0.173. The molecular weight excluding hydrogens is 464 g/mol. The molecule has 2 heterocycles. The number of fused-ring (bicyclic) bond motifs is 1. The molecule has 1 aromatic rings. The van der Waals surface area contributed by atoms with Gasteiger partial charge in [0, 0.05) is 12.6 Å². The van der Waals surface area contributed by atoms with Crippen molar-refractivity contribution in [3.05, 3.63) is 35.4 Å². The van der Waals surface area contributed by atoms with Crippen LogP contribution < -0.4 is 0 Å². The lowest BCUT2D eigenvalue weighted by Gasteiger charge is -2.36. The second kappa shape index (κ2) is 9.51. The van der Waals surface area contributed by atoms with Crippen molar-refractivity contribution >= 4 is 39.6 Å². The number of nitrogens with zero attached hydrogens (tertiary/aromatic N) is 2. The summed E-state index contributed by atoms with van der Waals surface area (Å²) in [4.78, 5) is 53.3. The molecule has 0 aliphatic carbocycles. The van der Waals surface area contributed by atoms with Crippen molar-refractivity contribution in [3.8, 4) is 0 Å². The molecule has 7 nitrogen and oxygen atoms in total. The minimum Gasteiger partial charge on any atom is -0.459 e. The Morgan fingerprint density at radius 3 is 2.23 bits per heavy atom. The molecule has 3 rings (SSSR count). The number of imide groups is 1. The highest BCUT2D eigenvalue weighted by Crippen LogP contribution is 2.27. The van der Waals surface area contributed by atoms with E-state index in [1.165, 1.54) is 4.90 Å². The van der Waals surface area contributed by atoms with Gasteiger partial charge in [-0.2, -0.15) is 0 Å². The number of hydrogen-bond donors (Lipinski definition) is 0. The average Bonchev–Trinajstić information content (AvgIpc) is 2.94. The van der Waals surface area contributed by atoms with Crippen LogP contribution in [-0.2, 0) is 14.3 Å². The number of alkyl halides is 1. The average molecular weight is 493 g/mol. The smallest absolute Gasteiger partial charge is 0.326 e. The van der Waals surface area contributed by atoms with Gasteiger partial charge in [0.1, 0.15) is 12.1 Å². The molecule has 2 aliphatic rings. The fourth-order valence-electron chi connectivity index (χ4n) is 4.08. The van der Waals surface area contributed by atoms with E-state index in [0.29, 0.717) is 30.4 Å². The number of esters is 1. The number of amides is 3. The van der Waals surface area contributed by atoms with Crippen LogP contribution in [0.3, 0.4) is 0 Å². The van der Waals surface area contributed by atoms with Crippen molar-refractivity contribution in [2.24, 2.45) is 0 Å². The largest absolute Gasteiger partial charge is 0.459 e. The first-order valence-corrected chi connectivity index (χ1v) is 11.6. The molecule has 1 aromatic carbocycles. The predicted molar refractivity (Wildman–Crippen MR) is 119 cm³/mol. The van der Waals surface area contributed by atoms with Crippen molar-refractivity contribution in [3.63, 3.8) is 0 Å². The fourth-order valence-corrected chi connectivity index (χ4v) is 4.67. The molecule has 31 heavy (non-hydrogen) atoms. The van der Waals surface area contributed by atoms with Crippen LogP contribution in [0.15, 0.2) is 24.3 Å². The second-order valence-electron chi connectivity index (χ2n) is 9.05. The Bertz CT molecular complexity index is 844. The fraction of sp³-hybridized carbons (Fsp3) is 0.565. The van der Waals surface area contributed by atoms with Crippen molar-refractivity contribution < 1.29 is 23.9 Å². The van der Waals surface area contributed by atoms with Gasteiger partial charge in [-0.1, -0.05) is 40.9 Å². The minimum absolute atomic E-state index is 0.148. The summed E-state index contributed by atoms with van der Waals surface area (Å²) in [7, 11) is 0. The van der Waals surface area contributed by atoms with Crippen LogP contribution in [0, 0.1) is 0 Å². The number of carbonyl (C=O) groups is 4. The zero-order valence-electron chi connectivity index (χ0n) is 18.2. The standard InChI is InChI=1S/C23H29BrN2O5/c1-23(2,3)31-19(27)14-26-15(8-4-7-11-18(24)22(26)30)12-13-25-20(28)16-9-5-6-10-17(16)21(25)29/h5-6,9-10,15,18H,4,7-8,11-14H2,1-3H3. The molecular formula is C23H29BrN2O5. The monoisotopic (exact) mass is 492 g/mol. The topological polar surface area (TPSA) is 84.0 Å². The lowest BCUT2D eigenvalue weighted by Crippen LogP contribution is -2.49. The summed E-state index contributed by atoms with van der Waals surface area (Å²) < 4.78 is 5.43. The van der Waals surface area contributed by atoms with E-state index < -0.39 is 11.6 Å². The molecule has 0 saturated carbocycles. The third-order valence-electron chi connectivity index (χ3n) is 5.52. The Morgan fingerprint density at radius 2 is 1.65 bits per heavy atom. The van der Waals surface area contributed by atoms with Crippen LogP contribution in [0.2, 0.25) is 0 Å². The first-order valence-electron chi connectivity index (χ1n) is 10.7. The van der Waals surface area contributed by atoms with Gasteiger partial charge in [-0.25, -0.2) is 0 Å². The number of carbonyl (C=O) groups excluding carboxylic acids is 4. The quantitative estimate of drug-likeness (QED) is 0.356. The Kier molecular flexibility index (Phi) is 7.19. The first kappa shape index (κ1) is 23.4. The van der Waals surface area contributed by atoms with Crippen LogP contribution >= 0.6 is 15.9 Å². The highest BCUT2D eigenvalue weighted by Gasteiger charge is 2.37. The third-order valence-corrected chi connectivity index (χ3v) is 6.37. The molecule has 1 saturated heterocycles. The zero-order valence-corrected chi connectivity index (χ0v) is 19.8. The highest BCUT2D eigenvalue weighted by atomic mass is 79.9. The highest BCUT2D eigenvalue weighted by molar-refractivity contribution is 9.10. The normalized spacial score (nSPS) is 22.3. The molecule has 168 valence electrons. The summed E-state index contributed by atoms with van der Waals surface area (Å²) >= 11 is 3.45. The van der Waals surface area contributed by atoms with E-state index in [1.807, 2.05) is 0 Å². The van der Waals surface area contributed by atoms with Gasteiger partial charge < -0.3 is 9.64 Å². The number of ether oxygens (including phenoxy) is 1. The van der Waals surface area contributed by atoms with Crippen LogP contribution in [0.1, 0.15) is 73.6 Å². The van der Waals surface area contributed by atoms with E-state index in [0.717, 1.165) is 12.8 Å². The molecule has 0 N–H and O–H groups in total. The van der Waals surface area contributed by atoms with Crippen LogP contribution in [-0.4, -0.2) is 63.1 Å². The first-order chi connectivity index (χ1) is 14.6. The van der Waals surface area contributed by atoms with E-state index in [1.54, 1.807) is 49.9 Å². The number of likely N-dealkylation sites (tertiary alicyclic amines) is 1. The van der Waals surface area contributed by atoms with Gasteiger partial charge in [0.05, 0.1) is 16.0 Å². The van der Waals surface area contributed by atoms with E-state index in [2.05, 4.69) is 15.9 Å². The van der Waals surface area contributed by atoms with Crippen molar-refractivity contribution in [1.29, 1.82) is 0 Å². The third kappa shape index (κ3) is 5.53. The van der Waals surface area contributed by atoms with Crippen LogP contribution in [0.4, 0.5) is 0 Å². The van der Waals surface area contributed by atoms with Crippen LogP contribution in [0.5, 0.6) is 0 Å². The Balaban J connectivity index is 1.74. The van der Waals surface area contributed by atoms with Gasteiger partial charge >= 0.3 is 5.97 Å². The summed E-state index contributed by atoms with van der Waals surface area (Å²) in [5.74, 6) is -1.24. The maximum absolute atomic E-state index is 13.0. The molecule has 1 fully saturated rings. The molecule has 2 aliphatic heterocycles. The molecule has 2 atom stereocenters. The molecule has 2 unspecified atom stereocenters. The molecule has 8 heteroatoms. The SMILES string of the molecule is CC(C)(C)OC(=O)CN1C(=O)C(Br)CCCCC1CCN1C(=O)c2ccccc2C1=O. The summed E-state index contributed by atoms with van der Waals surface area (Å²) in [6.07, 6.45) is 3.62. The Labute approximate surface area is 191 Å². The molecule has 3 amide bonds.